The predicted molar refractivity (Wildman–Crippen MR) is 74.0 cm³/mol. The highest BCUT2D eigenvalue weighted by Crippen LogP contribution is 2.21. The normalized spacial score (nSPS) is 14.4. The molecule has 0 amide bonds. The van der Waals surface area contributed by atoms with Gasteiger partial charge in [0.25, 0.3) is 0 Å². The molecule has 0 spiro atoms. The van der Waals surface area contributed by atoms with Crippen molar-refractivity contribution >= 4 is 0 Å². The van der Waals surface area contributed by atoms with Gasteiger partial charge >= 0.3 is 0 Å². The molecule has 106 valence electrons. The molecule has 1 aromatic carbocycles. The molecule has 0 aliphatic heterocycles. The Kier molecular flexibility index (Phi) is 3.97. The highest BCUT2D eigenvalue weighted by atomic mass is 19.1. The zero-order chi connectivity index (χ0) is 13.8. The van der Waals surface area contributed by atoms with Gasteiger partial charge in [-0.05, 0) is 30.5 Å². The third-order valence-corrected chi connectivity index (χ3v) is 3.33. The summed E-state index contributed by atoms with van der Waals surface area (Å²) < 4.78 is 21.2. The van der Waals surface area contributed by atoms with Gasteiger partial charge in [0.05, 0.1) is 12.9 Å². The first kappa shape index (κ1) is 13.1. The average Bonchev–Trinajstić information content (AvgIpc) is 3.14. The summed E-state index contributed by atoms with van der Waals surface area (Å²) in [6, 6.07) is 5.78. The van der Waals surface area contributed by atoms with Crippen LogP contribution in [0.4, 0.5) is 4.39 Å². The molecular weight excluding hydrogens is 257 g/mol. The maximum atomic E-state index is 13.9. The van der Waals surface area contributed by atoms with Crippen molar-refractivity contribution in [3.8, 4) is 5.75 Å². The Hall–Kier alpha value is -1.88. The molecule has 1 aliphatic carbocycles. The van der Waals surface area contributed by atoms with E-state index in [-0.39, 0.29) is 5.82 Å². The molecule has 0 radical (unpaired) electrons. The first-order valence-electron chi connectivity index (χ1n) is 6.91. The van der Waals surface area contributed by atoms with Gasteiger partial charge in [-0.25, -0.2) is 9.37 Å². The fraction of sp³-hybridized carbons (Fsp3) is 0.400. The SMILES string of the molecule is Fc1cc(CNC2CC2)ccc1OCCn1ccnc1. The molecule has 5 heteroatoms. The molecule has 1 heterocycles. The third-order valence-electron chi connectivity index (χ3n) is 3.33. The number of benzene rings is 1. The number of rotatable bonds is 7. The molecule has 0 unspecified atom stereocenters. The van der Waals surface area contributed by atoms with Gasteiger partial charge in [-0.1, -0.05) is 6.07 Å². The molecule has 1 fully saturated rings. The summed E-state index contributed by atoms with van der Waals surface area (Å²) in [7, 11) is 0. The first-order chi connectivity index (χ1) is 9.81. The zero-order valence-corrected chi connectivity index (χ0v) is 11.3. The molecule has 0 saturated heterocycles. The van der Waals surface area contributed by atoms with Crippen molar-refractivity contribution in [2.75, 3.05) is 6.61 Å². The molecule has 3 rings (SSSR count). The van der Waals surface area contributed by atoms with E-state index < -0.39 is 0 Å². The molecule has 1 aliphatic rings. The summed E-state index contributed by atoms with van der Waals surface area (Å²) in [5.41, 5.74) is 0.955. The van der Waals surface area contributed by atoms with Crippen LogP contribution in [0.3, 0.4) is 0 Å². The van der Waals surface area contributed by atoms with Gasteiger partial charge in [-0.3, -0.25) is 0 Å². The monoisotopic (exact) mass is 275 g/mol. The van der Waals surface area contributed by atoms with Crippen LogP contribution < -0.4 is 10.1 Å². The van der Waals surface area contributed by atoms with Crippen LogP contribution >= 0.6 is 0 Å². The number of imidazole rings is 1. The summed E-state index contributed by atoms with van der Waals surface area (Å²) in [6.45, 7) is 1.80. The minimum atomic E-state index is -0.300. The molecule has 20 heavy (non-hydrogen) atoms. The molecule has 1 saturated carbocycles. The van der Waals surface area contributed by atoms with E-state index >= 15 is 0 Å². The van der Waals surface area contributed by atoms with Crippen molar-refractivity contribution in [2.24, 2.45) is 0 Å². The van der Waals surface area contributed by atoms with E-state index in [1.54, 1.807) is 24.7 Å². The number of hydrogen-bond acceptors (Lipinski definition) is 3. The Balaban J connectivity index is 1.50. The minimum Gasteiger partial charge on any atom is -0.489 e. The number of nitrogens with one attached hydrogen (secondary N) is 1. The van der Waals surface area contributed by atoms with E-state index in [0.717, 1.165) is 12.1 Å². The van der Waals surface area contributed by atoms with E-state index in [1.165, 1.54) is 12.8 Å². The Morgan fingerprint density at radius 3 is 3.00 bits per heavy atom. The van der Waals surface area contributed by atoms with Crippen molar-refractivity contribution in [3.05, 3.63) is 48.3 Å². The summed E-state index contributed by atoms with van der Waals surface area (Å²) in [4.78, 5) is 3.94. The Morgan fingerprint density at radius 2 is 2.30 bits per heavy atom. The van der Waals surface area contributed by atoms with Crippen LogP contribution in [-0.2, 0) is 13.1 Å². The van der Waals surface area contributed by atoms with Gasteiger partial charge in [-0.2, -0.15) is 0 Å². The van der Waals surface area contributed by atoms with E-state index in [0.29, 0.717) is 24.9 Å². The second-order valence-corrected chi connectivity index (χ2v) is 5.07. The summed E-state index contributed by atoms with van der Waals surface area (Å²) in [5.74, 6) is 0.00557. The lowest BCUT2D eigenvalue weighted by Crippen LogP contribution is -2.15. The predicted octanol–water partition coefficient (Wildman–Crippen LogP) is 2.35. The highest BCUT2D eigenvalue weighted by Gasteiger charge is 2.20. The van der Waals surface area contributed by atoms with Crippen LogP contribution in [0.5, 0.6) is 5.75 Å². The molecule has 1 aromatic heterocycles. The lowest BCUT2D eigenvalue weighted by molar-refractivity contribution is 0.284. The van der Waals surface area contributed by atoms with Crippen molar-refractivity contribution in [3.63, 3.8) is 0 Å². The van der Waals surface area contributed by atoms with Gasteiger partial charge in [0.15, 0.2) is 11.6 Å². The molecule has 0 bridgehead atoms. The fourth-order valence-electron chi connectivity index (χ4n) is 2.00. The molecule has 0 atom stereocenters. The molecule has 2 aromatic rings. The van der Waals surface area contributed by atoms with E-state index in [4.69, 9.17) is 4.74 Å². The third kappa shape index (κ3) is 3.57. The number of ether oxygens (including phenoxy) is 1. The van der Waals surface area contributed by atoms with E-state index in [9.17, 15) is 4.39 Å². The van der Waals surface area contributed by atoms with Crippen molar-refractivity contribution in [1.29, 1.82) is 0 Å². The largest absolute Gasteiger partial charge is 0.489 e. The average molecular weight is 275 g/mol. The standard InChI is InChI=1S/C15H18FN3O/c16-14-9-12(10-18-13-2-3-13)1-4-15(14)20-8-7-19-6-5-17-11-19/h1,4-6,9,11,13,18H,2-3,7-8,10H2. The molecule has 4 nitrogen and oxygen atoms in total. The van der Waals surface area contributed by atoms with Crippen LogP contribution in [0, 0.1) is 5.82 Å². The maximum absolute atomic E-state index is 13.9. The van der Waals surface area contributed by atoms with Crippen molar-refractivity contribution in [2.45, 2.75) is 32.0 Å². The Labute approximate surface area is 117 Å². The summed E-state index contributed by atoms with van der Waals surface area (Å²) >= 11 is 0. The van der Waals surface area contributed by atoms with Gasteiger partial charge in [0.1, 0.15) is 6.61 Å². The van der Waals surface area contributed by atoms with E-state index in [2.05, 4.69) is 10.3 Å². The van der Waals surface area contributed by atoms with Gasteiger partial charge < -0.3 is 14.6 Å². The molecule has 1 N–H and O–H groups in total. The van der Waals surface area contributed by atoms with Crippen LogP contribution in [-0.4, -0.2) is 22.2 Å². The van der Waals surface area contributed by atoms with Gasteiger partial charge in [-0.15, -0.1) is 0 Å². The van der Waals surface area contributed by atoms with Gasteiger partial charge in [0, 0.05) is 25.0 Å². The number of nitrogens with zero attached hydrogens (tertiary/aromatic N) is 2. The zero-order valence-electron chi connectivity index (χ0n) is 11.3. The van der Waals surface area contributed by atoms with Crippen LogP contribution in [0.15, 0.2) is 36.9 Å². The fourth-order valence-corrected chi connectivity index (χ4v) is 2.00. The second kappa shape index (κ2) is 6.05. The van der Waals surface area contributed by atoms with Crippen LogP contribution in [0.25, 0.3) is 0 Å². The number of halogens is 1. The highest BCUT2D eigenvalue weighted by molar-refractivity contribution is 5.29. The second-order valence-electron chi connectivity index (χ2n) is 5.07. The Bertz CT molecular complexity index is 552. The lowest BCUT2D eigenvalue weighted by Gasteiger charge is -2.09. The van der Waals surface area contributed by atoms with Gasteiger partial charge in [0.2, 0.25) is 0 Å². The van der Waals surface area contributed by atoms with Crippen molar-refractivity contribution in [1.82, 2.24) is 14.9 Å². The Morgan fingerprint density at radius 1 is 1.40 bits per heavy atom. The summed E-state index contributed by atoms with van der Waals surface area (Å²) in [5, 5.41) is 3.36. The number of aromatic nitrogens is 2. The van der Waals surface area contributed by atoms with Crippen molar-refractivity contribution < 1.29 is 9.13 Å². The summed E-state index contributed by atoms with van der Waals surface area (Å²) in [6.07, 6.45) is 7.75. The topological polar surface area (TPSA) is 39.1 Å². The smallest absolute Gasteiger partial charge is 0.165 e. The first-order valence-corrected chi connectivity index (χ1v) is 6.91. The van der Waals surface area contributed by atoms with Crippen LogP contribution in [0.1, 0.15) is 18.4 Å². The quantitative estimate of drug-likeness (QED) is 0.843. The maximum Gasteiger partial charge on any atom is 0.165 e. The van der Waals surface area contributed by atoms with E-state index in [1.807, 2.05) is 16.8 Å². The van der Waals surface area contributed by atoms with Crippen LogP contribution in [0.2, 0.25) is 0 Å². The number of hydrogen-bond donors (Lipinski definition) is 1. The lowest BCUT2D eigenvalue weighted by atomic mass is 10.2. The molecular formula is C15H18FN3O. The minimum absolute atomic E-state index is 0.300.